The molecule has 1 fully saturated rings. The van der Waals surface area contributed by atoms with Crippen LogP contribution in [-0.4, -0.2) is 45.3 Å². The molecular formula is C21H19N5O3S. The van der Waals surface area contributed by atoms with E-state index in [1.54, 1.807) is 12.4 Å². The van der Waals surface area contributed by atoms with E-state index in [1.807, 2.05) is 47.8 Å². The van der Waals surface area contributed by atoms with Crippen LogP contribution in [0.5, 0.6) is 0 Å². The number of nitrogens with one attached hydrogen (secondary N) is 2. The number of anilines is 1. The molecule has 4 rings (SSSR count). The zero-order valence-electron chi connectivity index (χ0n) is 15.9. The summed E-state index contributed by atoms with van der Waals surface area (Å²) in [5.74, 6) is -0.771. The second kappa shape index (κ2) is 8.83. The van der Waals surface area contributed by atoms with Crippen LogP contribution in [0.1, 0.15) is 12.0 Å². The Morgan fingerprint density at radius 1 is 1.17 bits per heavy atom. The van der Waals surface area contributed by atoms with Gasteiger partial charge in [-0.1, -0.05) is 30.3 Å². The Morgan fingerprint density at radius 2 is 2.00 bits per heavy atom. The van der Waals surface area contributed by atoms with Crippen LogP contribution < -0.4 is 10.6 Å². The zero-order chi connectivity index (χ0) is 20.9. The van der Waals surface area contributed by atoms with Crippen LogP contribution >= 0.6 is 11.3 Å². The van der Waals surface area contributed by atoms with E-state index in [4.69, 9.17) is 0 Å². The van der Waals surface area contributed by atoms with E-state index in [-0.39, 0.29) is 24.8 Å². The van der Waals surface area contributed by atoms with Crippen LogP contribution in [0.2, 0.25) is 0 Å². The van der Waals surface area contributed by atoms with Gasteiger partial charge >= 0.3 is 6.03 Å². The maximum absolute atomic E-state index is 12.6. The van der Waals surface area contributed by atoms with Gasteiger partial charge in [-0.3, -0.25) is 19.5 Å². The fraction of sp³-hybridized carbons (Fsp3) is 0.190. The number of amides is 4. The molecule has 3 aromatic rings. The molecule has 2 aromatic heterocycles. The van der Waals surface area contributed by atoms with E-state index in [0.717, 1.165) is 16.0 Å². The first kappa shape index (κ1) is 19.7. The van der Waals surface area contributed by atoms with Gasteiger partial charge in [0.1, 0.15) is 6.04 Å². The first-order chi connectivity index (χ1) is 14.6. The van der Waals surface area contributed by atoms with Gasteiger partial charge in [0.15, 0.2) is 5.13 Å². The third-order valence-electron chi connectivity index (χ3n) is 4.67. The summed E-state index contributed by atoms with van der Waals surface area (Å²) >= 11 is 1.28. The summed E-state index contributed by atoms with van der Waals surface area (Å²) in [5, 5.41) is 7.53. The molecule has 0 bridgehead atoms. The second-order valence-electron chi connectivity index (χ2n) is 6.76. The molecule has 30 heavy (non-hydrogen) atoms. The van der Waals surface area contributed by atoms with Gasteiger partial charge in [-0.2, -0.15) is 0 Å². The molecule has 2 N–H and O–H groups in total. The SMILES string of the molecule is O=C(C[C@@H]1NC(=O)N(CCc2ccccc2)C1=O)Nc1nc(-c2cccnc2)cs1. The quantitative estimate of drug-likeness (QED) is 0.571. The molecule has 1 aliphatic heterocycles. The van der Waals surface area contributed by atoms with Crippen LogP contribution in [0, 0.1) is 0 Å². The van der Waals surface area contributed by atoms with E-state index in [9.17, 15) is 14.4 Å². The van der Waals surface area contributed by atoms with Crippen molar-refractivity contribution in [2.24, 2.45) is 0 Å². The number of hydrogen-bond donors (Lipinski definition) is 2. The molecule has 8 nitrogen and oxygen atoms in total. The highest BCUT2D eigenvalue weighted by Gasteiger charge is 2.38. The van der Waals surface area contributed by atoms with Crippen LogP contribution in [0.4, 0.5) is 9.93 Å². The molecule has 152 valence electrons. The number of urea groups is 1. The highest BCUT2D eigenvalue weighted by Crippen LogP contribution is 2.24. The second-order valence-corrected chi connectivity index (χ2v) is 7.62. The monoisotopic (exact) mass is 421 g/mol. The summed E-state index contributed by atoms with van der Waals surface area (Å²) < 4.78 is 0. The van der Waals surface area contributed by atoms with Crippen molar-refractivity contribution in [3.05, 3.63) is 65.8 Å². The number of thiazole rings is 1. The third-order valence-corrected chi connectivity index (χ3v) is 5.43. The van der Waals surface area contributed by atoms with Gasteiger partial charge in [0.05, 0.1) is 12.1 Å². The molecule has 0 radical (unpaired) electrons. The van der Waals surface area contributed by atoms with Crippen molar-refractivity contribution in [2.45, 2.75) is 18.9 Å². The maximum Gasteiger partial charge on any atom is 0.324 e. The fourth-order valence-corrected chi connectivity index (χ4v) is 3.88. The van der Waals surface area contributed by atoms with Gasteiger partial charge in [-0.15, -0.1) is 11.3 Å². The van der Waals surface area contributed by atoms with Crippen molar-refractivity contribution < 1.29 is 14.4 Å². The van der Waals surface area contributed by atoms with E-state index in [0.29, 0.717) is 17.2 Å². The molecule has 0 aliphatic carbocycles. The summed E-state index contributed by atoms with van der Waals surface area (Å²) in [5.41, 5.74) is 2.59. The molecule has 1 atom stereocenters. The number of imide groups is 1. The Balaban J connectivity index is 1.32. The van der Waals surface area contributed by atoms with Gasteiger partial charge in [-0.05, 0) is 24.1 Å². The molecule has 9 heteroatoms. The van der Waals surface area contributed by atoms with E-state index in [2.05, 4.69) is 20.6 Å². The van der Waals surface area contributed by atoms with Crippen LogP contribution in [0.25, 0.3) is 11.3 Å². The fourth-order valence-electron chi connectivity index (χ4n) is 3.15. The number of aromatic nitrogens is 2. The number of nitrogens with zero attached hydrogens (tertiary/aromatic N) is 3. The number of rotatable bonds is 7. The summed E-state index contributed by atoms with van der Waals surface area (Å²) in [6.07, 6.45) is 3.79. The largest absolute Gasteiger partial charge is 0.325 e. The van der Waals surface area contributed by atoms with Crippen molar-refractivity contribution in [3.63, 3.8) is 0 Å². The van der Waals surface area contributed by atoms with Gasteiger partial charge in [0.2, 0.25) is 5.91 Å². The van der Waals surface area contributed by atoms with Crippen molar-refractivity contribution >= 4 is 34.3 Å². The third kappa shape index (κ3) is 4.52. The number of pyridine rings is 1. The van der Waals surface area contributed by atoms with E-state index >= 15 is 0 Å². The average molecular weight is 421 g/mol. The standard InChI is InChI=1S/C21H19N5O3S/c27-18(25-20-23-17(13-30-20)15-7-4-9-22-12-15)11-16-19(28)26(21(29)24-16)10-8-14-5-2-1-3-6-14/h1-7,9,12-13,16H,8,10-11H2,(H,24,29)(H,23,25,27)/t16-/m0/s1. The Bertz CT molecular complexity index is 1050. The number of benzene rings is 1. The minimum Gasteiger partial charge on any atom is -0.325 e. The molecule has 0 saturated carbocycles. The van der Waals surface area contributed by atoms with Crippen molar-refractivity contribution in [2.75, 3.05) is 11.9 Å². The van der Waals surface area contributed by atoms with Crippen LogP contribution in [-0.2, 0) is 16.0 Å². The first-order valence-electron chi connectivity index (χ1n) is 9.42. The Kier molecular flexibility index (Phi) is 5.80. The predicted octanol–water partition coefficient (Wildman–Crippen LogP) is 2.70. The summed E-state index contributed by atoms with van der Waals surface area (Å²) in [6, 6.07) is 12.0. The summed E-state index contributed by atoms with van der Waals surface area (Å²) in [7, 11) is 0. The lowest BCUT2D eigenvalue weighted by Crippen LogP contribution is -2.34. The normalized spacial score (nSPS) is 15.9. The highest BCUT2D eigenvalue weighted by atomic mass is 32.1. The molecular weight excluding hydrogens is 402 g/mol. The van der Waals surface area contributed by atoms with Crippen LogP contribution in [0.15, 0.2) is 60.2 Å². The zero-order valence-corrected chi connectivity index (χ0v) is 16.8. The lowest BCUT2D eigenvalue weighted by molar-refractivity contribution is -0.129. The molecule has 4 amide bonds. The van der Waals surface area contributed by atoms with Gasteiger partial charge in [0.25, 0.3) is 5.91 Å². The summed E-state index contributed by atoms with van der Waals surface area (Å²) in [6.45, 7) is 0.272. The molecule has 1 aromatic carbocycles. The van der Waals surface area contributed by atoms with E-state index in [1.165, 1.54) is 11.3 Å². The molecule has 0 spiro atoms. The van der Waals surface area contributed by atoms with Gasteiger partial charge in [-0.25, -0.2) is 9.78 Å². The lowest BCUT2D eigenvalue weighted by Gasteiger charge is -2.12. The molecule has 3 heterocycles. The first-order valence-corrected chi connectivity index (χ1v) is 10.3. The van der Waals surface area contributed by atoms with Crippen molar-refractivity contribution in [3.8, 4) is 11.3 Å². The molecule has 1 aliphatic rings. The molecule has 1 saturated heterocycles. The Hall–Kier alpha value is -3.59. The number of hydrogen-bond acceptors (Lipinski definition) is 6. The minimum atomic E-state index is -0.869. The van der Waals surface area contributed by atoms with Gasteiger partial charge < -0.3 is 10.6 Å². The predicted molar refractivity (Wildman–Crippen MR) is 113 cm³/mol. The summed E-state index contributed by atoms with van der Waals surface area (Å²) in [4.78, 5) is 46.7. The maximum atomic E-state index is 12.6. The lowest BCUT2D eigenvalue weighted by atomic mass is 10.1. The minimum absolute atomic E-state index is 0.145. The van der Waals surface area contributed by atoms with Crippen LogP contribution in [0.3, 0.4) is 0 Å². The number of carbonyl (C=O) groups excluding carboxylic acids is 3. The Labute approximate surface area is 177 Å². The van der Waals surface area contributed by atoms with Crippen molar-refractivity contribution in [1.29, 1.82) is 0 Å². The van der Waals surface area contributed by atoms with Crippen molar-refractivity contribution in [1.82, 2.24) is 20.2 Å². The topological polar surface area (TPSA) is 104 Å². The van der Waals surface area contributed by atoms with E-state index < -0.39 is 12.1 Å². The average Bonchev–Trinajstić information content (AvgIpc) is 3.32. The number of carbonyl (C=O) groups is 3. The highest BCUT2D eigenvalue weighted by molar-refractivity contribution is 7.14. The van der Waals surface area contributed by atoms with Gasteiger partial charge in [0, 0.05) is 29.9 Å². The smallest absolute Gasteiger partial charge is 0.324 e. The molecule has 0 unspecified atom stereocenters. The Morgan fingerprint density at radius 3 is 2.77 bits per heavy atom.